The van der Waals surface area contributed by atoms with Crippen molar-refractivity contribution in [3.05, 3.63) is 81.8 Å². The van der Waals surface area contributed by atoms with Crippen molar-refractivity contribution in [2.75, 3.05) is 6.54 Å². The van der Waals surface area contributed by atoms with Crippen LogP contribution in [-0.2, 0) is 9.84 Å². The van der Waals surface area contributed by atoms with Gasteiger partial charge in [0.05, 0.1) is 9.77 Å². The monoisotopic (exact) mass is 400 g/mol. The highest BCUT2D eigenvalue weighted by Crippen LogP contribution is 2.29. The third kappa shape index (κ3) is 4.26. The maximum Gasteiger partial charge on any atom is 0.261 e. The van der Waals surface area contributed by atoms with Crippen LogP contribution in [0, 0.1) is 13.8 Å². The molecule has 1 amide bonds. The minimum atomic E-state index is -3.71. The second kappa shape index (κ2) is 8.02. The van der Waals surface area contributed by atoms with Crippen LogP contribution in [0.25, 0.3) is 0 Å². The molecule has 1 aromatic carbocycles. The van der Waals surface area contributed by atoms with E-state index in [0.29, 0.717) is 10.4 Å². The number of aryl methyl sites for hydroxylation is 2. The number of hydrogen-bond donors (Lipinski definition) is 1. The first-order valence-electron chi connectivity index (χ1n) is 8.42. The molecule has 3 aromatic rings. The predicted octanol–water partition coefficient (Wildman–Crippen LogP) is 3.70. The van der Waals surface area contributed by atoms with Crippen LogP contribution in [-0.4, -0.2) is 25.9 Å². The van der Waals surface area contributed by atoms with Gasteiger partial charge in [0.25, 0.3) is 5.91 Å². The summed E-state index contributed by atoms with van der Waals surface area (Å²) in [6.45, 7) is 3.79. The molecule has 27 heavy (non-hydrogen) atoms. The summed E-state index contributed by atoms with van der Waals surface area (Å²) in [6.07, 6.45) is 3.12. The van der Waals surface area contributed by atoms with E-state index in [9.17, 15) is 13.2 Å². The molecular formula is C20H20N2O3S2. The van der Waals surface area contributed by atoms with E-state index < -0.39 is 15.1 Å². The second-order valence-corrected chi connectivity index (χ2v) is 9.33. The van der Waals surface area contributed by atoms with Crippen LogP contribution >= 0.6 is 11.3 Å². The molecule has 0 aliphatic heterocycles. The SMILES string of the molecule is Cc1ccc(S(=O)(=O)[C@@H](CNC(=O)c2cccs2)c2cccnc2)cc1C. The lowest BCUT2D eigenvalue weighted by molar-refractivity contribution is 0.0957. The summed E-state index contributed by atoms with van der Waals surface area (Å²) in [7, 11) is -3.71. The molecule has 0 spiro atoms. The normalized spacial score (nSPS) is 12.5. The van der Waals surface area contributed by atoms with E-state index in [1.807, 2.05) is 13.8 Å². The van der Waals surface area contributed by atoms with E-state index in [-0.39, 0.29) is 17.3 Å². The minimum absolute atomic E-state index is 0.0301. The highest BCUT2D eigenvalue weighted by atomic mass is 32.2. The van der Waals surface area contributed by atoms with Crippen LogP contribution < -0.4 is 5.32 Å². The number of nitrogens with one attached hydrogen (secondary N) is 1. The summed E-state index contributed by atoms with van der Waals surface area (Å²) in [5, 5.41) is 3.64. The number of aromatic nitrogens is 1. The van der Waals surface area contributed by atoms with Crippen molar-refractivity contribution >= 4 is 27.1 Å². The number of nitrogens with zero attached hydrogens (tertiary/aromatic N) is 1. The molecule has 2 aromatic heterocycles. The zero-order valence-electron chi connectivity index (χ0n) is 15.0. The Morgan fingerprint density at radius 3 is 2.59 bits per heavy atom. The number of benzene rings is 1. The van der Waals surface area contributed by atoms with E-state index in [4.69, 9.17) is 0 Å². The molecular weight excluding hydrogens is 380 g/mol. The lowest BCUT2D eigenvalue weighted by Gasteiger charge is -2.19. The van der Waals surface area contributed by atoms with Crippen molar-refractivity contribution in [1.29, 1.82) is 0 Å². The smallest absolute Gasteiger partial charge is 0.261 e. The van der Waals surface area contributed by atoms with Gasteiger partial charge in [-0.25, -0.2) is 8.42 Å². The minimum Gasteiger partial charge on any atom is -0.350 e. The first kappa shape index (κ1) is 19.3. The van der Waals surface area contributed by atoms with Crippen LogP contribution in [0.5, 0.6) is 0 Å². The van der Waals surface area contributed by atoms with Crippen molar-refractivity contribution in [1.82, 2.24) is 10.3 Å². The third-order valence-electron chi connectivity index (χ3n) is 4.43. The maximum atomic E-state index is 13.3. The molecule has 3 rings (SSSR count). The molecule has 1 N–H and O–H groups in total. The zero-order chi connectivity index (χ0) is 19.4. The Morgan fingerprint density at radius 2 is 1.96 bits per heavy atom. The molecule has 2 heterocycles. The predicted molar refractivity (Wildman–Crippen MR) is 107 cm³/mol. The van der Waals surface area contributed by atoms with Gasteiger partial charge in [0.1, 0.15) is 5.25 Å². The largest absolute Gasteiger partial charge is 0.350 e. The fraction of sp³-hybridized carbons (Fsp3) is 0.200. The zero-order valence-corrected chi connectivity index (χ0v) is 16.7. The van der Waals surface area contributed by atoms with E-state index >= 15 is 0 Å². The van der Waals surface area contributed by atoms with Gasteiger partial charge in [-0.1, -0.05) is 18.2 Å². The topological polar surface area (TPSA) is 76.1 Å². The summed E-state index contributed by atoms with van der Waals surface area (Å²) < 4.78 is 26.6. The Balaban J connectivity index is 1.94. The van der Waals surface area contributed by atoms with Gasteiger partial charge in [-0.2, -0.15) is 0 Å². The maximum absolute atomic E-state index is 13.3. The van der Waals surface area contributed by atoms with Gasteiger partial charge in [-0.05, 0) is 60.2 Å². The number of thiophene rings is 1. The summed E-state index contributed by atoms with van der Waals surface area (Å²) >= 11 is 1.31. The van der Waals surface area contributed by atoms with Crippen LogP contribution in [0.1, 0.15) is 31.6 Å². The quantitative estimate of drug-likeness (QED) is 0.684. The van der Waals surface area contributed by atoms with Gasteiger partial charge < -0.3 is 5.32 Å². The number of amides is 1. The average molecular weight is 401 g/mol. The Labute approximate surface area is 163 Å². The van der Waals surface area contributed by atoms with Crippen LogP contribution in [0.15, 0.2) is 65.1 Å². The Hall–Kier alpha value is -2.51. The fourth-order valence-electron chi connectivity index (χ4n) is 2.71. The number of pyridine rings is 1. The molecule has 0 fully saturated rings. The molecule has 1 atom stereocenters. The molecule has 5 nitrogen and oxygen atoms in total. The number of carbonyl (C=O) groups is 1. The molecule has 0 aliphatic carbocycles. The van der Waals surface area contributed by atoms with Crippen LogP contribution in [0.3, 0.4) is 0 Å². The number of sulfone groups is 1. The van der Waals surface area contributed by atoms with Crippen molar-refractivity contribution in [3.63, 3.8) is 0 Å². The summed E-state index contributed by atoms with van der Waals surface area (Å²) in [6, 6.07) is 12.0. The Bertz CT molecular complexity index is 1030. The Morgan fingerprint density at radius 1 is 1.15 bits per heavy atom. The number of rotatable bonds is 6. The number of hydrogen-bond acceptors (Lipinski definition) is 5. The first-order valence-corrected chi connectivity index (χ1v) is 10.8. The Kier molecular flexibility index (Phi) is 5.72. The fourth-order valence-corrected chi connectivity index (χ4v) is 5.08. The van der Waals surface area contributed by atoms with Gasteiger partial charge in [0, 0.05) is 18.9 Å². The van der Waals surface area contributed by atoms with Gasteiger partial charge in [-0.3, -0.25) is 9.78 Å². The van der Waals surface area contributed by atoms with E-state index in [2.05, 4.69) is 10.3 Å². The molecule has 0 saturated heterocycles. The lowest BCUT2D eigenvalue weighted by Crippen LogP contribution is -2.31. The first-order chi connectivity index (χ1) is 12.9. The average Bonchev–Trinajstić information content (AvgIpc) is 3.19. The highest BCUT2D eigenvalue weighted by molar-refractivity contribution is 7.91. The summed E-state index contributed by atoms with van der Waals surface area (Å²) in [5.41, 5.74) is 2.48. The lowest BCUT2D eigenvalue weighted by atomic mass is 10.1. The van der Waals surface area contributed by atoms with E-state index in [1.54, 1.807) is 54.0 Å². The molecule has 0 radical (unpaired) electrons. The van der Waals surface area contributed by atoms with Crippen molar-refractivity contribution in [2.24, 2.45) is 0 Å². The molecule has 7 heteroatoms. The molecule has 0 unspecified atom stereocenters. The summed E-state index contributed by atoms with van der Waals surface area (Å²) in [4.78, 5) is 17.1. The van der Waals surface area contributed by atoms with Crippen molar-refractivity contribution in [3.8, 4) is 0 Å². The van der Waals surface area contributed by atoms with E-state index in [0.717, 1.165) is 11.1 Å². The number of carbonyl (C=O) groups excluding carboxylic acids is 1. The van der Waals surface area contributed by atoms with Crippen molar-refractivity contribution < 1.29 is 13.2 Å². The van der Waals surface area contributed by atoms with Gasteiger partial charge >= 0.3 is 0 Å². The van der Waals surface area contributed by atoms with Crippen molar-refractivity contribution in [2.45, 2.75) is 24.0 Å². The third-order valence-corrected chi connectivity index (χ3v) is 7.40. The summed E-state index contributed by atoms with van der Waals surface area (Å²) in [5.74, 6) is -0.283. The second-order valence-electron chi connectivity index (χ2n) is 6.25. The molecule has 0 bridgehead atoms. The van der Waals surface area contributed by atoms with Gasteiger partial charge in [-0.15, -0.1) is 11.3 Å². The van der Waals surface area contributed by atoms with Crippen LogP contribution in [0.2, 0.25) is 0 Å². The molecule has 140 valence electrons. The molecule has 0 saturated carbocycles. The van der Waals surface area contributed by atoms with Gasteiger partial charge in [0.15, 0.2) is 9.84 Å². The van der Waals surface area contributed by atoms with E-state index in [1.165, 1.54) is 17.5 Å². The highest BCUT2D eigenvalue weighted by Gasteiger charge is 2.30. The standard InChI is InChI=1S/C20H20N2O3S2/c1-14-7-8-17(11-15(14)2)27(24,25)19(16-5-3-9-21-12-16)13-22-20(23)18-6-4-10-26-18/h3-12,19H,13H2,1-2H3,(H,22,23)/t19-/m0/s1. The molecule has 0 aliphatic rings. The van der Waals surface area contributed by atoms with Crippen LogP contribution in [0.4, 0.5) is 0 Å². The van der Waals surface area contributed by atoms with Gasteiger partial charge in [0.2, 0.25) is 0 Å².